The Morgan fingerprint density at radius 1 is 0.450 bits per heavy atom. The van der Waals surface area contributed by atoms with E-state index in [2.05, 4.69) is 31.3 Å². The standard InChI is InChI=1S/C54H103NO5/c1-3-5-7-9-11-13-15-17-19-20-21-22-26-30-34-38-42-46-52(57)51(50-56)55-53(58)47-43-39-35-31-27-24-25-29-33-37-41-45-49-60-54(59)48-44-40-36-32-28-23-18-16-14-12-10-8-6-4-2/h25,29,42,46,51-52,56-57H,3-24,26-28,30-41,43-45,47-50H2,1-2H3,(H,55,58)/b29-25-,46-42+. The van der Waals surface area contributed by atoms with Crippen molar-refractivity contribution in [2.75, 3.05) is 13.2 Å². The number of nitrogens with one attached hydrogen (secondary N) is 1. The molecule has 6 heteroatoms. The lowest BCUT2D eigenvalue weighted by molar-refractivity contribution is -0.143. The molecule has 2 unspecified atom stereocenters. The molecule has 1 amide bonds. The highest BCUT2D eigenvalue weighted by atomic mass is 16.5. The third-order valence-corrected chi connectivity index (χ3v) is 12.2. The van der Waals surface area contributed by atoms with Crippen LogP contribution in [0.25, 0.3) is 0 Å². The second-order valence-corrected chi connectivity index (χ2v) is 18.2. The Morgan fingerprint density at radius 3 is 1.18 bits per heavy atom. The highest BCUT2D eigenvalue weighted by Gasteiger charge is 2.18. The molecule has 0 rings (SSSR count). The summed E-state index contributed by atoms with van der Waals surface area (Å²) in [5.74, 6) is -0.115. The zero-order chi connectivity index (χ0) is 43.7. The zero-order valence-electron chi connectivity index (χ0n) is 40.2. The molecule has 0 fully saturated rings. The van der Waals surface area contributed by atoms with Crippen LogP contribution in [0.5, 0.6) is 0 Å². The van der Waals surface area contributed by atoms with Crippen molar-refractivity contribution in [1.29, 1.82) is 0 Å². The minimum atomic E-state index is -0.860. The van der Waals surface area contributed by atoms with Crippen LogP contribution in [0.2, 0.25) is 0 Å². The number of carbonyl (C=O) groups is 2. The fourth-order valence-electron chi connectivity index (χ4n) is 8.10. The van der Waals surface area contributed by atoms with Gasteiger partial charge in [-0.05, 0) is 64.2 Å². The van der Waals surface area contributed by atoms with Gasteiger partial charge in [0.1, 0.15) is 0 Å². The van der Waals surface area contributed by atoms with Crippen LogP contribution in [0.3, 0.4) is 0 Å². The molecule has 0 aliphatic carbocycles. The number of hydrogen-bond donors (Lipinski definition) is 3. The van der Waals surface area contributed by atoms with E-state index in [1.807, 2.05) is 6.08 Å². The summed E-state index contributed by atoms with van der Waals surface area (Å²) in [7, 11) is 0. The molecule has 2 atom stereocenters. The maximum absolute atomic E-state index is 12.4. The molecule has 0 saturated carbocycles. The average molecular weight is 846 g/mol. The number of aliphatic hydroxyl groups excluding tert-OH is 2. The van der Waals surface area contributed by atoms with Gasteiger partial charge < -0.3 is 20.3 Å². The van der Waals surface area contributed by atoms with E-state index in [4.69, 9.17) is 4.74 Å². The van der Waals surface area contributed by atoms with Crippen molar-refractivity contribution >= 4 is 11.9 Å². The minimum absolute atomic E-state index is 0.0221. The van der Waals surface area contributed by atoms with Crippen LogP contribution < -0.4 is 5.32 Å². The van der Waals surface area contributed by atoms with E-state index >= 15 is 0 Å². The average Bonchev–Trinajstić information content (AvgIpc) is 3.25. The topological polar surface area (TPSA) is 95.9 Å². The number of amides is 1. The highest BCUT2D eigenvalue weighted by molar-refractivity contribution is 5.76. The Bertz CT molecular complexity index is 935. The normalized spacial score (nSPS) is 12.8. The monoisotopic (exact) mass is 846 g/mol. The Labute approximate surface area is 373 Å². The lowest BCUT2D eigenvalue weighted by Gasteiger charge is -2.20. The fraction of sp³-hybridized carbons (Fsp3) is 0.889. The van der Waals surface area contributed by atoms with Gasteiger partial charge in [-0.1, -0.05) is 231 Å². The summed E-state index contributed by atoms with van der Waals surface area (Å²) >= 11 is 0. The van der Waals surface area contributed by atoms with Crippen LogP contribution in [0.1, 0.15) is 284 Å². The number of allylic oxidation sites excluding steroid dienone is 3. The van der Waals surface area contributed by atoms with E-state index in [0.717, 1.165) is 77.0 Å². The molecule has 0 spiro atoms. The second kappa shape index (κ2) is 50.0. The third kappa shape index (κ3) is 45.9. The molecule has 0 bridgehead atoms. The largest absolute Gasteiger partial charge is 0.466 e. The number of rotatable bonds is 49. The van der Waals surface area contributed by atoms with Crippen molar-refractivity contribution in [2.24, 2.45) is 0 Å². The third-order valence-electron chi connectivity index (χ3n) is 12.2. The van der Waals surface area contributed by atoms with Gasteiger partial charge in [0.25, 0.3) is 0 Å². The number of carbonyl (C=O) groups excluding carboxylic acids is 2. The van der Waals surface area contributed by atoms with Crippen LogP contribution >= 0.6 is 0 Å². The first-order chi connectivity index (χ1) is 29.5. The van der Waals surface area contributed by atoms with E-state index < -0.39 is 12.1 Å². The van der Waals surface area contributed by atoms with Crippen molar-refractivity contribution < 1.29 is 24.5 Å². The lowest BCUT2D eigenvalue weighted by atomic mass is 10.0. The van der Waals surface area contributed by atoms with Crippen LogP contribution in [-0.2, 0) is 14.3 Å². The van der Waals surface area contributed by atoms with Crippen molar-refractivity contribution in [1.82, 2.24) is 5.32 Å². The van der Waals surface area contributed by atoms with Crippen molar-refractivity contribution in [2.45, 2.75) is 296 Å². The Hall–Kier alpha value is -1.66. The summed E-state index contributed by atoms with van der Waals surface area (Å²) in [6, 6.07) is -0.646. The molecule has 354 valence electrons. The summed E-state index contributed by atoms with van der Waals surface area (Å²) in [6.07, 6.45) is 58.9. The first kappa shape index (κ1) is 58.3. The van der Waals surface area contributed by atoms with Crippen molar-refractivity contribution in [3.63, 3.8) is 0 Å². The maximum Gasteiger partial charge on any atom is 0.305 e. The molecule has 0 saturated heterocycles. The lowest BCUT2D eigenvalue weighted by Crippen LogP contribution is -2.45. The quantitative estimate of drug-likeness (QED) is 0.0322. The molecule has 0 aliphatic heterocycles. The van der Waals surface area contributed by atoms with Gasteiger partial charge in [0.05, 0.1) is 25.4 Å². The molecule has 0 aromatic rings. The first-order valence-corrected chi connectivity index (χ1v) is 26.6. The molecule has 0 aromatic carbocycles. The Kier molecular flexibility index (Phi) is 48.6. The van der Waals surface area contributed by atoms with Gasteiger partial charge in [-0.3, -0.25) is 9.59 Å². The summed E-state index contributed by atoms with van der Waals surface area (Å²) in [5, 5.41) is 23.1. The van der Waals surface area contributed by atoms with Crippen molar-refractivity contribution in [3.05, 3.63) is 24.3 Å². The number of hydrogen-bond acceptors (Lipinski definition) is 5. The molecular weight excluding hydrogens is 743 g/mol. The Morgan fingerprint density at radius 2 is 0.783 bits per heavy atom. The smallest absolute Gasteiger partial charge is 0.305 e. The molecule has 3 N–H and O–H groups in total. The van der Waals surface area contributed by atoms with Gasteiger partial charge in [-0.2, -0.15) is 0 Å². The Balaban J connectivity index is 3.54. The first-order valence-electron chi connectivity index (χ1n) is 26.6. The SMILES string of the molecule is CCCCCCCCCCCCCCCCC/C=C/C(O)C(CO)NC(=O)CCCCCCC/C=C\CCCCCOC(=O)CCCCCCCCCCCCCCCC. The van der Waals surface area contributed by atoms with Gasteiger partial charge in [-0.15, -0.1) is 0 Å². The number of ether oxygens (including phenoxy) is 1. The van der Waals surface area contributed by atoms with E-state index in [1.54, 1.807) is 6.08 Å². The van der Waals surface area contributed by atoms with E-state index in [1.165, 1.54) is 180 Å². The van der Waals surface area contributed by atoms with E-state index in [0.29, 0.717) is 19.4 Å². The molecule has 0 aromatic heterocycles. The van der Waals surface area contributed by atoms with E-state index in [-0.39, 0.29) is 18.5 Å². The number of aliphatic hydroxyl groups is 2. The van der Waals surface area contributed by atoms with Gasteiger partial charge in [0.2, 0.25) is 5.91 Å². The molecule has 6 nitrogen and oxygen atoms in total. The van der Waals surface area contributed by atoms with Crippen LogP contribution in [0, 0.1) is 0 Å². The van der Waals surface area contributed by atoms with Crippen LogP contribution in [-0.4, -0.2) is 47.4 Å². The fourth-order valence-corrected chi connectivity index (χ4v) is 8.10. The maximum atomic E-state index is 12.4. The van der Waals surface area contributed by atoms with Gasteiger partial charge in [0.15, 0.2) is 0 Å². The molecular formula is C54H103NO5. The van der Waals surface area contributed by atoms with Gasteiger partial charge >= 0.3 is 5.97 Å². The molecule has 0 heterocycles. The highest BCUT2D eigenvalue weighted by Crippen LogP contribution is 2.16. The van der Waals surface area contributed by atoms with Crippen LogP contribution in [0.4, 0.5) is 0 Å². The predicted molar refractivity (Wildman–Crippen MR) is 260 cm³/mol. The summed E-state index contributed by atoms with van der Waals surface area (Å²) in [5.41, 5.74) is 0. The minimum Gasteiger partial charge on any atom is -0.466 e. The van der Waals surface area contributed by atoms with Crippen LogP contribution in [0.15, 0.2) is 24.3 Å². The van der Waals surface area contributed by atoms with Gasteiger partial charge in [-0.25, -0.2) is 0 Å². The molecule has 60 heavy (non-hydrogen) atoms. The predicted octanol–water partition coefficient (Wildman–Crippen LogP) is 15.9. The summed E-state index contributed by atoms with van der Waals surface area (Å²) < 4.78 is 5.44. The van der Waals surface area contributed by atoms with E-state index in [9.17, 15) is 19.8 Å². The summed E-state index contributed by atoms with van der Waals surface area (Å²) in [4.78, 5) is 24.5. The summed E-state index contributed by atoms with van der Waals surface area (Å²) in [6.45, 7) is 4.85. The van der Waals surface area contributed by atoms with Gasteiger partial charge in [0, 0.05) is 12.8 Å². The second-order valence-electron chi connectivity index (χ2n) is 18.2. The zero-order valence-corrected chi connectivity index (χ0v) is 40.2. The molecule has 0 aliphatic rings. The van der Waals surface area contributed by atoms with Crippen molar-refractivity contribution in [3.8, 4) is 0 Å². The molecule has 0 radical (unpaired) electrons. The number of esters is 1. The number of unbranched alkanes of at least 4 members (excludes halogenated alkanes) is 36.